The van der Waals surface area contributed by atoms with Gasteiger partial charge in [-0.25, -0.2) is 23.3 Å². The fourth-order valence-electron chi connectivity index (χ4n) is 2.60. The van der Waals surface area contributed by atoms with Crippen molar-refractivity contribution in [2.24, 2.45) is 19.2 Å². The van der Waals surface area contributed by atoms with Crippen LogP contribution in [-0.4, -0.2) is 33.0 Å². The van der Waals surface area contributed by atoms with Crippen LogP contribution >= 0.6 is 0 Å². The Morgan fingerprint density at radius 1 is 1.15 bits per heavy atom. The average molecular weight is 392 g/mol. The number of nitrogens with one attached hydrogen (secondary N) is 1. The summed E-state index contributed by atoms with van der Waals surface area (Å²) in [6, 6.07) is 5.32. The molecule has 1 amide bonds. The number of anilines is 1. The van der Waals surface area contributed by atoms with Gasteiger partial charge in [0.1, 0.15) is 6.54 Å². The molecule has 0 bridgehead atoms. The third kappa shape index (κ3) is 3.39. The summed E-state index contributed by atoms with van der Waals surface area (Å²) in [4.78, 5) is 40.5. The van der Waals surface area contributed by atoms with Crippen LogP contribution in [0.4, 0.5) is 5.69 Å². The minimum atomic E-state index is -3.82. The normalized spacial score (nSPS) is 11.7. The number of hydrogen-bond donors (Lipinski definition) is 2. The molecule has 3 rings (SSSR count). The number of benzene rings is 1. The number of amides is 1. The Hall–Kier alpha value is -3.25. The summed E-state index contributed by atoms with van der Waals surface area (Å²) in [5.74, 6) is -0.464. The highest BCUT2D eigenvalue weighted by molar-refractivity contribution is 7.89. The van der Waals surface area contributed by atoms with E-state index in [9.17, 15) is 22.8 Å². The smallest absolute Gasteiger partial charge is 0.325 e. The van der Waals surface area contributed by atoms with E-state index in [0.29, 0.717) is 5.69 Å². The summed E-state index contributed by atoms with van der Waals surface area (Å²) in [7, 11) is -0.997. The van der Waals surface area contributed by atoms with Crippen LogP contribution in [0.5, 0.6) is 0 Å². The third-order valence-corrected chi connectivity index (χ3v) is 4.93. The lowest BCUT2D eigenvalue weighted by Gasteiger charge is -2.08. The zero-order valence-electron chi connectivity index (χ0n) is 14.4. The van der Waals surface area contributed by atoms with E-state index in [1.807, 2.05) is 0 Å². The highest BCUT2D eigenvalue weighted by atomic mass is 32.2. The van der Waals surface area contributed by atoms with Crippen LogP contribution in [0.15, 0.2) is 45.1 Å². The van der Waals surface area contributed by atoms with Gasteiger partial charge in [0.15, 0.2) is 11.2 Å². The average Bonchev–Trinajstić information content (AvgIpc) is 3.01. The summed E-state index contributed by atoms with van der Waals surface area (Å²) in [6.07, 6.45) is 1.30. The molecule has 27 heavy (non-hydrogen) atoms. The van der Waals surface area contributed by atoms with Gasteiger partial charge in [-0.1, -0.05) is 0 Å². The third-order valence-electron chi connectivity index (χ3n) is 4.00. The molecular weight excluding hydrogens is 376 g/mol. The minimum absolute atomic E-state index is 0.0782. The van der Waals surface area contributed by atoms with Gasteiger partial charge in [0.05, 0.1) is 11.2 Å². The number of sulfonamides is 1. The molecule has 1 aromatic carbocycles. The summed E-state index contributed by atoms with van der Waals surface area (Å²) < 4.78 is 26.0. The molecule has 2 aromatic heterocycles. The number of imidazole rings is 1. The number of primary sulfonamides is 1. The topological polar surface area (TPSA) is 151 Å². The monoisotopic (exact) mass is 392 g/mol. The molecular formula is C15H16N6O5S. The molecule has 12 heteroatoms. The summed E-state index contributed by atoms with van der Waals surface area (Å²) in [6.45, 7) is -0.221. The molecule has 0 aliphatic rings. The standard InChI is InChI=1S/C15H16N6O5S/c1-19-13-12(14(23)20(2)15(19)24)21(8-17-13)7-11(22)18-9-3-5-10(6-4-9)27(16,25)26/h3-6,8H,7H2,1-2H3,(H,18,22)(H2,16,25,26). The molecule has 142 valence electrons. The Balaban J connectivity index is 1.87. The Labute approximate surface area is 152 Å². The zero-order chi connectivity index (χ0) is 19.9. The molecule has 0 atom stereocenters. The predicted octanol–water partition coefficient (Wildman–Crippen LogP) is -1.28. The number of hydrogen-bond acceptors (Lipinski definition) is 6. The van der Waals surface area contributed by atoms with Gasteiger partial charge in [0.2, 0.25) is 15.9 Å². The van der Waals surface area contributed by atoms with E-state index in [1.54, 1.807) is 0 Å². The van der Waals surface area contributed by atoms with Gasteiger partial charge in [-0.05, 0) is 24.3 Å². The van der Waals surface area contributed by atoms with Crippen molar-refractivity contribution in [1.82, 2.24) is 18.7 Å². The first-order chi connectivity index (χ1) is 12.6. The number of carbonyl (C=O) groups is 1. The Morgan fingerprint density at radius 3 is 2.37 bits per heavy atom. The van der Waals surface area contributed by atoms with E-state index in [-0.39, 0.29) is 22.6 Å². The van der Waals surface area contributed by atoms with Crippen molar-refractivity contribution < 1.29 is 13.2 Å². The zero-order valence-corrected chi connectivity index (χ0v) is 15.2. The van der Waals surface area contributed by atoms with Gasteiger partial charge in [-0.15, -0.1) is 0 Å². The van der Waals surface area contributed by atoms with Crippen molar-refractivity contribution in [3.05, 3.63) is 51.4 Å². The van der Waals surface area contributed by atoms with Crippen LogP contribution in [0.1, 0.15) is 0 Å². The van der Waals surface area contributed by atoms with Crippen LogP contribution < -0.4 is 21.7 Å². The molecule has 11 nitrogen and oxygen atoms in total. The van der Waals surface area contributed by atoms with E-state index in [0.717, 1.165) is 4.57 Å². The summed E-state index contributed by atoms with van der Waals surface area (Å²) >= 11 is 0. The first-order valence-electron chi connectivity index (χ1n) is 7.63. The predicted molar refractivity (Wildman–Crippen MR) is 96.7 cm³/mol. The maximum atomic E-state index is 12.3. The van der Waals surface area contributed by atoms with Crippen molar-refractivity contribution in [2.45, 2.75) is 11.4 Å². The minimum Gasteiger partial charge on any atom is -0.325 e. The first kappa shape index (κ1) is 18.5. The summed E-state index contributed by atoms with van der Waals surface area (Å²) in [5, 5.41) is 7.60. The number of carbonyl (C=O) groups excluding carboxylic acids is 1. The lowest BCUT2D eigenvalue weighted by Crippen LogP contribution is -2.37. The van der Waals surface area contributed by atoms with Crippen LogP contribution in [0.2, 0.25) is 0 Å². The molecule has 0 unspecified atom stereocenters. The van der Waals surface area contributed by atoms with Gasteiger partial charge >= 0.3 is 5.69 Å². The molecule has 0 radical (unpaired) electrons. The molecule has 0 spiro atoms. The van der Waals surface area contributed by atoms with Crippen molar-refractivity contribution in [3.63, 3.8) is 0 Å². The van der Waals surface area contributed by atoms with Crippen molar-refractivity contribution in [1.29, 1.82) is 0 Å². The van der Waals surface area contributed by atoms with Crippen molar-refractivity contribution in [3.8, 4) is 0 Å². The number of nitrogens with two attached hydrogens (primary N) is 1. The number of rotatable bonds is 4. The maximum Gasteiger partial charge on any atom is 0.332 e. The molecule has 0 saturated heterocycles. The van der Waals surface area contributed by atoms with Gasteiger partial charge in [-0.3, -0.25) is 18.7 Å². The second-order valence-corrected chi connectivity index (χ2v) is 7.43. The van der Waals surface area contributed by atoms with Crippen LogP contribution in [0.25, 0.3) is 11.2 Å². The number of nitrogens with zero attached hydrogens (tertiary/aromatic N) is 4. The van der Waals surface area contributed by atoms with Crippen molar-refractivity contribution >= 4 is 32.8 Å². The molecule has 0 saturated carbocycles. The highest BCUT2D eigenvalue weighted by Gasteiger charge is 2.16. The fourth-order valence-corrected chi connectivity index (χ4v) is 3.12. The maximum absolute atomic E-state index is 12.3. The van der Waals surface area contributed by atoms with E-state index < -0.39 is 27.2 Å². The first-order valence-corrected chi connectivity index (χ1v) is 9.18. The number of fused-ring (bicyclic) bond motifs is 1. The van der Waals surface area contributed by atoms with E-state index in [1.165, 1.54) is 53.8 Å². The summed E-state index contributed by atoms with van der Waals surface area (Å²) in [5.41, 5.74) is -0.419. The molecule has 3 N–H and O–H groups in total. The lowest BCUT2D eigenvalue weighted by atomic mass is 10.3. The van der Waals surface area contributed by atoms with E-state index in [2.05, 4.69) is 10.3 Å². The fraction of sp³-hybridized carbons (Fsp3) is 0.200. The van der Waals surface area contributed by atoms with Crippen LogP contribution in [0.3, 0.4) is 0 Å². The second kappa shape index (κ2) is 6.48. The largest absolute Gasteiger partial charge is 0.332 e. The Morgan fingerprint density at radius 2 is 1.78 bits per heavy atom. The molecule has 0 aliphatic heterocycles. The molecule has 0 fully saturated rings. The Bertz CT molecular complexity index is 1270. The molecule has 3 aromatic rings. The van der Waals surface area contributed by atoms with E-state index in [4.69, 9.17) is 5.14 Å². The number of aryl methyl sites for hydroxylation is 1. The lowest BCUT2D eigenvalue weighted by molar-refractivity contribution is -0.116. The van der Waals surface area contributed by atoms with Gasteiger partial charge in [-0.2, -0.15) is 0 Å². The Kier molecular flexibility index (Phi) is 4.45. The highest BCUT2D eigenvalue weighted by Crippen LogP contribution is 2.13. The van der Waals surface area contributed by atoms with Gasteiger partial charge < -0.3 is 9.88 Å². The van der Waals surface area contributed by atoms with Gasteiger partial charge in [0, 0.05) is 19.8 Å². The second-order valence-electron chi connectivity index (χ2n) is 5.87. The molecule has 0 aliphatic carbocycles. The van der Waals surface area contributed by atoms with Crippen LogP contribution in [-0.2, 0) is 35.5 Å². The van der Waals surface area contributed by atoms with E-state index >= 15 is 0 Å². The van der Waals surface area contributed by atoms with Crippen LogP contribution in [0, 0.1) is 0 Å². The van der Waals surface area contributed by atoms with Gasteiger partial charge in [0.25, 0.3) is 5.56 Å². The SMILES string of the molecule is Cn1c(=O)c2c(ncn2CC(=O)Nc2ccc(S(N)(=O)=O)cc2)n(C)c1=O. The quantitative estimate of drug-likeness (QED) is 0.564. The molecule has 2 heterocycles. The number of aromatic nitrogens is 4. The van der Waals surface area contributed by atoms with Crippen molar-refractivity contribution in [2.75, 3.05) is 5.32 Å².